The van der Waals surface area contributed by atoms with E-state index in [4.69, 9.17) is 4.74 Å². The van der Waals surface area contributed by atoms with Crippen molar-refractivity contribution in [3.63, 3.8) is 0 Å². The van der Waals surface area contributed by atoms with Crippen molar-refractivity contribution in [2.75, 3.05) is 31.1 Å². The second-order valence-electron chi connectivity index (χ2n) is 10.9. The fourth-order valence-corrected chi connectivity index (χ4v) is 7.25. The van der Waals surface area contributed by atoms with Crippen LogP contribution >= 0.6 is 10.6 Å². The lowest BCUT2D eigenvalue weighted by Crippen LogP contribution is -2.54. The van der Waals surface area contributed by atoms with Crippen molar-refractivity contribution in [3.8, 4) is 5.75 Å². The molecule has 3 aliphatic heterocycles. The van der Waals surface area contributed by atoms with Crippen molar-refractivity contribution < 1.29 is 62.9 Å². The minimum atomic E-state index is -5.83. The molecule has 3 aliphatic rings. The molecule has 42 heavy (non-hydrogen) atoms. The third-order valence-corrected chi connectivity index (χ3v) is 9.87. The maximum atomic E-state index is 13.5. The molecule has 17 heteroatoms. The number of carbonyl (C=O) groups excluding carboxylic acids is 1. The minimum Gasteiger partial charge on any atom is -0.490 e. The number of likely N-dealkylation sites (tertiary alicyclic amines) is 2. The summed E-state index contributed by atoms with van der Waals surface area (Å²) in [4.78, 5) is 15.0. The summed E-state index contributed by atoms with van der Waals surface area (Å²) in [5.74, 6) is 0.154. The highest BCUT2D eigenvalue weighted by molar-refractivity contribution is 8.24. The van der Waals surface area contributed by atoms with E-state index in [2.05, 4.69) is 4.74 Å². The summed E-state index contributed by atoms with van der Waals surface area (Å²) >= 11 is 0. The monoisotopic (exact) mass is 642 g/mol. The molecule has 0 atom stereocenters. The highest BCUT2D eigenvalue weighted by atomic mass is 32.3. The molecule has 7 nitrogen and oxygen atoms in total. The van der Waals surface area contributed by atoms with Gasteiger partial charge < -0.3 is 14.4 Å². The van der Waals surface area contributed by atoms with Crippen LogP contribution in [0.3, 0.4) is 0 Å². The highest BCUT2D eigenvalue weighted by Crippen LogP contribution is 2.46. The number of hydrogen-bond acceptors (Lipinski definition) is 6. The van der Waals surface area contributed by atoms with Gasteiger partial charge in [-0.25, -0.2) is 4.79 Å². The average molecular weight is 643 g/mol. The van der Waals surface area contributed by atoms with Crippen LogP contribution in [0, 0.1) is 0 Å². The molecule has 1 amide bonds. The minimum absolute atomic E-state index is 0.00149. The fourth-order valence-electron chi connectivity index (χ4n) is 5.77. The molecule has 3 fully saturated rings. The lowest BCUT2D eigenvalue weighted by molar-refractivity contribution is -0.308. The van der Waals surface area contributed by atoms with Gasteiger partial charge >= 0.3 is 24.6 Å². The quantitative estimate of drug-likeness (QED) is 0.335. The molecule has 0 unspecified atom stereocenters. The van der Waals surface area contributed by atoms with Gasteiger partial charge in [0.2, 0.25) is 0 Å². The first-order chi connectivity index (χ1) is 19.3. The Bertz CT molecular complexity index is 1100. The van der Waals surface area contributed by atoms with E-state index in [0.717, 1.165) is 17.0 Å². The number of amides is 1. The number of carbonyl (C=O) groups is 1. The van der Waals surface area contributed by atoms with Crippen LogP contribution in [0.15, 0.2) is 18.2 Å². The third kappa shape index (κ3) is 7.69. The maximum absolute atomic E-state index is 13.5. The zero-order chi connectivity index (χ0) is 31.1. The van der Waals surface area contributed by atoms with E-state index in [0.29, 0.717) is 24.9 Å². The Labute approximate surface area is 237 Å². The summed E-state index contributed by atoms with van der Waals surface area (Å²) in [7, 11) is -2.74. The van der Waals surface area contributed by atoms with Gasteiger partial charge in [-0.1, -0.05) is 6.07 Å². The van der Waals surface area contributed by atoms with Gasteiger partial charge in [0.05, 0.1) is 5.56 Å². The van der Waals surface area contributed by atoms with E-state index in [1.807, 2.05) is 4.90 Å². The molecular weight excluding hydrogens is 611 g/mol. The van der Waals surface area contributed by atoms with Crippen LogP contribution in [-0.4, -0.2) is 86.2 Å². The number of rotatable bonds is 5. The lowest BCUT2D eigenvalue weighted by atomic mass is 9.84. The molecule has 1 aromatic carbocycles. The molecule has 3 saturated heterocycles. The van der Waals surface area contributed by atoms with Crippen molar-refractivity contribution in [3.05, 3.63) is 29.3 Å². The Morgan fingerprint density at radius 2 is 1.55 bits per heavy atom. The number of ether oxygens (including phenoxy) is 2. The van der Waals surface area contributed by atoms with Crippen molar-refractivity contribution in [2.24, 2.45) is 0 Å². The van der Waals surface area contributed by atoms with Gasteiger partial charge in [-0.05, 0) is 44.4 Å². The number of alkyl halides is 9. The molecule has 240 valence electrons. The Hall–Kier alpha value is -2.11. The molecule has 0 saturated carbocycles. The second-order valence-corrected chi connectivity index (χ2v) is 13.4. The first-order valence-electron chi connectivity index (χ1n) is 13.2. The maximum Gasteiger partial charge on any atom is 0.434 e. The van der Waals surface area contributed by atoms with E-state index in [-0.39, 0.29) is 62.6 Å². The molecular formula is C25H31F9N2O5S. The van der Waals surface area contributed by atoms with Gasteiger partial charge in [-0.15, -0.1) is 0 Å². The largest absolute Gasteiger partial charge is 0.490 e. The van der Waals surface area contributed by atoms with Crippen molar-refractivity contribution >= 4 is 16.7 Å². The Morgan fingerprint density at radius 1 is 0.952 bits per heavy atom. The van der Waals surface area contributed by atoms with E-state index in [1.54, 1.807) is 0 Å². The number of halogens is 9. The van der Waals surface area contributed by atoms with Crippen LogP contribution in [0.4, 0.5) is 44.3 Å². The van der Waals surface area contributed by atoms with Gasteiger partial charge in [-0.2, -0.15) is 50.1 Å². The summed E-state index contributed by atoms with van der Waals surface area (Å²) in [6.45, 7) is 0.356. The van der Waals surface area contributed by atoms with E-state index in [9.17, 15) is 53.4 Å². The fraction of sp³-hybridized carbons (Fsp3) is 0.720. The van der Waals surface area contributed by atoms with Crippen LogP contribution in [0.2, 0.25) is 0 Å². The summed E-state index contributed by atoms with van der Waals surface area (Å²) in [6.07, 6.45) is -20.6. The molecule has 1 spiro atoms. The number of benzene rings is 1. The summed E-state index contributed by atoms with van der Waals surface area (Å²) < 4.78 is 147. The molecule has 3 heterocycles. The Morgan fingerprint density at radius 3 is 2.10 bits per heavy atom. The normalized spacial score (nSPS) is 22.9. The van der Waals surface area contributed by atoms with E-state index < -0.39 is 58.5 Å². The van der Waals surface area contributed by atoms with Gasteiger partial charge in [0, 0.05) is 55.1 Å². The van der Waals surface area contributed by atoms with Crippen LogP contribution in [0.5, 0.6) is 5.75 Å². The van der Waals surface area contributed by atoms with Crippen LogP contribution in [-0.2, 0) is 17.5 Å². The lowest BCUT2D eigenvalue weighted by Gasteiger charge is -2.45. The zero-order valence-corrected chi connectivity index (χ0v) is 23.0. The molecule has 0 radical (unpaired) electrons. The number of nitrogens with zero attached hydrogens (tertiary/aromatic N) is 2. The second kappa shape index (κ2) is 11.8. The third-order valence-electron chi connectivity index (χ3n) is 8.09. The van der Waals surface area contributed by atoms with Crippen molar-refractivity contribution in [1.82, 2.24) is 9.80 Å². The molecule has 4 rings (SSSR count). The first-order valence-corrected chi connectivity index (χ1v) is 15.1. The highest BCUT2D eigenvalue weighted by Gasteiger charge is 2.60. The average Bonchev–Trinajstić information content (AvgIpc) is 3.24. The smallest absolute Gasteiger partial charge is 0.434 e. The molecule has 1 aromatic rings. The van der Waals surface area contributed by atoms with Crippen LogP contribution in [0.25, 0.3) is 0 Å². The van der Waals surface area contributed by atoms with Gasteiger partial charge in [0.15, 0.2) is 0 Å². The Balaban J connectivity index is 1.46. The van der Waals surface area contributed by atoms with Crippen LogP contribution < -0.4 is 4.74 Å². The molecule has 0 aliphatic carbocycles. The van der Waals surface area contributed by atoms with Gasteiger partial charge in [-0.3, -0.25) is 14.0 Å². The van der Waals surface area contributed by atoms with Gasteiger partial charge in [0.25, 0.3) is 6.10 Å². The number of hydrogen-bond donors (Lipinski definition) is 2. The predicted molar refractivity (Wildman–Crippen MR) is 133 cm³/mol. The molecule has 0 aromatic heterocycles. The standard InChI is InChI=1S/C25H31F9N2O5S/c26-23(27,28)17-3-2-16(19(14-17)40-18-4-12-42(38,39)13-5-18)15-36-9-1-6-22(36)7-10-35(11-8-22)21(37)41-20(24(29,30)31)25(32,33)34/h2-3,14,18,20,38-39H,1,4-13,15H2. The summed E-state index contributed by atoms with van der Waals surface area (Å²) in [5.41, 5.74) is -1.05. The van der Waals surface area contributed by atoms with E-state index in [1.165, 1.54) is 6.07 Å². The molecule has 2 N–H and O–H groups in total. The topological polar surface area (TPSA) is 82.5 Å². The van der Waals surface area contributed by atoms with Crippen LogP contribution in [0.1, 0.15) is 49.7 Å². The van der Waals surface area contributed by atoms with Crippen molar-refractivity contribution in [1.29, 1.82) is 0 Å². The zero-order valence-electron chi connectivity index (χ0n) is 22.2. The van der Waals surface area contributed by atoms with E-state index >= 15 is 0 Å². The SMILES string of the molecule is O=C(OC(C(F)(F)F)C(F)(F)F)N1CCC2(CCCN2Cc2ccc(C(F)(F)F)cc2OC2CCS(O)(O)CC2)CC1. The van der Waals surface area contributed by atoms with Gasteiger partial charge in [0.1, 0.15) is 11.9 Å². The Kier molecular flexibility index (Phi) is 9.19. The molecule has 0 bridgehead atoms. The predicted octanol–water partition coefficient (Wildman–Crippen LogP) is 7.06. The summed E-state index contributed by atoms with van der Waals surface area (Å²) in [6, 6.07) is 3.14. The number of piperidine rings is 1. The summed E-state index contributed by atoms with van der Waals surface area (Å²) in [5, 5.41) is 0. The first kappa shape index (κ1) is 32.8. The van der Waals surface area contributed by atoms with Crippen molar-refractivity contribution in [2.45, 2.75) is 81.3 Å².